The highest BCUT2D eigenvalue weighted by Crippen LogP contribution is 2.18. The average Bonchev–Trinajstić information content (AvgIpc) is 2.77. The number of aromatic nitrogens is 2. The summed E-state index contributed by atoms with van der Waals surface area (Å²) in [4.78, 5) is 6.91. The van der Waals surface area contributed by atoms with Crippen molar-refractivity contribution in [2.75, 3.05) is 13.1 Å². The molecule has 4 nitrogen and oxygen atoms in total. The number of nitrogens with two attached hydrogens (primary N) is 1. The Bertz CT molecular complexity index is 321. The van der Waals surface area contributed by atoms with Gasteiger partial charge in [0, 0.05) is 31.5 Å². The minimum atomic E-state index is 0.552. The standard InChI is InChI=1S/C12H22N4/c1-2-15-8-6-14-12(15)10-16-7-4-3-5-11(16)9-13/h6,8,11H,2-5,7,9-10,13H2,1H3. The Hall–Kier alpha value is -0.870. The molecule has 2 N–H and O–H groups in total. The number of nitrogens with zero attached hydrogens (tertiary/aromatic N) is 3. The molecule has 0 aromatic carbocycles. The van der Waals surface area contributed by atoms with Crippen molar-refractivity contribution in [1.82, 2.24) is 14.5 Å². The van der Waals surface area contributed by atoms with Crippen molar-refractivity contribution in [2.24, 2.45) is 5.73 Å². The van der Waals surface area contributed by atoms with E-state index in [1.807, 2.05) is 6.20 Å². The molecule has 16 heavy (non-hydrogen) atoms. The molecule has 1 aromatic heterocycles. The molecule has 0 spiro atoms. The Kier molecular flexibility index (Phi) is 3.96. The van der Waals surface area contributed by atoms with E-state index in [4.69, 9.17) is 5.73 Å². The summed E-state index contributed by atoms with van der Waals surface area (Å²) in [5.41, 5.74) is 5.82. The third-order valence-electron chi connectivity index (χ3n) is 3.51. The maximum atomic E-state index is 5.82. The number of likely N-dealkylation sites (tertiary alicyclic amines) is 1. The highest BCUT2D eigenvalue weighted by Gasteiger charge is 2.22. The van der Waals surface area contributed by atoms with Crippen LogP contribution in [0.15, 0.2) is 12.4 Å². The lowest BCUT2D eigenvalue weighted by Crippen LogP contribution is -2.43. The van der Waals surface area contributed by atoms with Crippen molar-refractivity contribution in [1.29, 1.82) is 0 Å². The Labute approximate surface area is 97.4 Å². The molecule has 1 atom stereocenters. The molecule has 0 bridgehead atoms. The number of aryl methyl sites for hydroxylation is 1. The molecule has 1 fully saturated rings. The summed E-state index contributed by atoms with van der Waals surface area (Å²) in [5.74, 6) is 1.17. The SMILES string of the molecule is CCn1ccnc1CN1CCCCC1CN. The van der Waals surface area contributed by atoms with Crippen LogP contribution in [0.4, 0.5) is 0 Å². The van der Waals surface area contributed by atoms with E-state index in [-0.39, 0.29) is 0 Å². The van der Waals surface area contributed by atoms with Gasteiger partial charge in [-0.2, -0.15) is 0 Å². The molecule has 0 radical (unpaired) electrons. The molecule has 0 amide bonds. The highest BCUT2D eigenvalue weighted by molar-refractivity contribution is 4.93. The Morgan fingerprint density at radius 3 is 3.12 bits per heavy atom. The zero-order valence-electron chi connectivity index (χ0n) is 10.1. The van der Waals surface area contributed by atoms with Crippen molar-refractivity contribution in [2.45, 2.75) is 45.3 Å². The van der Waals surface area contributed by atoms with Crippen molar-refractivity contribution in [3.63, 3.8) is 0 Å². The Morgan fingerprint density at radius 2 is 2.38 bits per heavy atom. The summed E-state index contributed by atoms with van der Waals surface area (Å²) in [6.07, 6.45) is 7.80. The highest BCUT2D eigenvalue weighted by atomic mass is 15.2. The normalized spacial score (nSPS) is 22.5. The number of rotatable bonds is 4. The van der Waals surface area contributed by atoms with Gasteiger partial charge in [-0.05, 0) is 26.3 Å². The predicted molar refractivity (Wildman–Crippen MR) is 65.0 cm³/mol. The van der Waals surface area contributed by atoms with Gasteiger partial charge in [-0.1, -0.05) is 6.42 Å². The van der Waals surface area contributed by atoms with Crippen LogP contribution in [-0.4, -0.2) is 33.6 Å². The maximum absolute atomic E-state index is 5.82. The first kappa shape index (κ1) is 11.6. The molecule has 0 aliphatic carbocycles. The second kappa shape index (κ2) is 5.46. The number of hydrogen-bond acceptors (Lipinski definition) is 3. The maximum Gasteiger partial charge on any atom is 0.122 e. The van der Waals surface area contributed by atoms with Gasteiger partial charge in [-0.25, -0.2) is 4.98 Å². The van der Waals surface area contributed by atoms with Crippen LogP contribution in [0.25, 0.3) is 0 Å². The van der Waals surface area contributed by atoms with Crippen molar-refractivity contribution >= 4 is 0 Å². The third kappa shape index (κ3) is 2.44. The number of hydrogen-bond donors (Lipinski definition) is 1. The molecule has 1 aliphatic rings. The van der Waals surface area contributed by atoms with Gasteiger partial charge in [-0.3, -0.25) is 4.90 Å². The lowest BCUT2D eigenvalue weighted by Gasteiger charge is -2.34. The van der Waals surface area contributed by atoms with Crippen molar-refractivity contribution in [3.05, 3.63) is 18.2 Å². The monoisotopic (exact) mass is 222 g/mol. The van der Waals surface area contributed by atoms with E-state index in [0.29, 0.717) is 6.04 Å². The molecule has 1 saturated heterocycles. The molecule has 1 aromatic rings. The molecule has 0 saturated carbocycles. The van der Waals surface area contributed by atoms with E-state index < -0.39 is 0 Å². The van der Waals surface area contributed by atoms with Gasteiger partial charge in [0.15, 0.2) is 0 Å². The van der Waals surface area contributed by atoms with Crippen LogP contribution in [0.2, 0.25) is 0 Å². The minimum absolute atomic E-state index is 0.552. The Balaban J connectivity index is 2.02. The van der Waals surface area contributed by atoms with Crippen LogP contribution in [0.5, 0.6) is 0 Å². The molecule has 2 rings (SSSR count). The number of piperidine rings is 1. The molecular formula is C12H22N4. The summed E-state index contributed by atoms with van der Waals surface area (Å²) in [5, 5.41) is 0. The fourth-order valence-corrected chi connectivity index (χ4v) is 2.50. The topological polar surface area (TPSA) is 47.1 Å². The summed E-state index contributed by atoms with van der Waals surface area (Å²) < 4.78 is 2.21. The number of imidazole rings is 1. The first-order valence-corrected chi connectivity index (χ1v) is 6.29. The van der Waals surface area contributed by atoms with E-state index in [1.165, 1.54) is 31.6 Å². The van der Waals surface area contributed by atoms with Crippen LogP contribution in [0.3, 0.4) is 0 Å². The van der Waals surface area contributed by atoms with Gasteiger partial charge < -0.3 is 10.3 Å². The summed E-state index contributed by atoms with van der Waals surface area (Å²) >= 11 is 0. The fraction of sp³-hybridized carbons (Fsp3) is 0.750. The van der Waals surface area contributed by atoms with Crippen LogP contribution < -0.4 is 5.73 Å². The first-order valence-electron chi connectivity index (χ1n) is 6.29. The molecule has 1 aliphatic heterocycles. The summed E-state index contributed by atoms with van der Waals surface area (Å²) in [6, 6.07) is 0.552. The van der Waals surface area contributed by atoms with Gasteiger partial charge in [0.25, 0.3) is 0 Å². The zero-order valence-corrected chi connectivity index (χ0v) is 10.1. The van der Waals surface area contributed by atoms with E-state index in [2.05, 4.69) is 27.6 Å². The van der Waals surface area contributed by atoms with Crippen molar-refractivity contribution < 1.29 is 0 Å². The lowest BCUT2D eigenvalue weighted by atomic mass is 10.0. The molecule has 90 valence electrons. The van der Waals surface area contributed by atoms with Crippen LogP contribution in [0.1, 0.15) is 32.0 Å². The van der Waals surface area contributed by atoms with E-state index in [1.54, 1.807) is 0 Å². The predicted octanol–water partition coefficient (Wildman–Crippen LogP) is 1.22. The van der Waals surface area contributed by atoms with Crippen LogP contribution in [-0.2, 0) is 13.1 Å². The van der Waals surface area contributed by atoms with Gasteiger partial charge in [0.2, 0.25) is 0 Å². The molecular weight excluding hydrogens is 200 g/mol. The quantitative estimate of drug-likeness (QED) is 0.833. The second-order valence-corrected chi connectivity index (χ2v) is 4.49. The van der Waals surface area contributed by atoms with E-state index in [9.17, 15) is 0 Å². The van der Waals surface area contributed by atoms with E-state index in [0.717, 1.165) is 19.6 Å². The zero-order chi connectivity index (χ0) is 11.4. The second-order valence-electron chi connectivity index (χ2n) is 4.49. The van der Waals surface area contributed by atoms with Gasteiger partial charge in [-0.15, -0.1) is 0 Å². The van der Waals surface area contributed by atoms with Crippen LogP contribution in [0, 0.1) is 0 Å². The molecule has 2 heterocycles. The lowest BCUT2D eigenvalue weighted by molar-refractivity contribution is 0.139. The molecule has 4 heteroatoms. The largest absolute Gasteiger partial charge is 0.334 e. The third-order valence-corrected chi connectivity index (χ3v) is 3.51. The Morgan fingerprint density at radius 1 is 1.50 bits per heavy atom. The summed E-state index contributed by atoms with van der Waals surface area (Å²) in [6.45, 7) is 6.03. The smallest absolute Gasteiger partial charge is 0.122 e. The van der Waals surface area contributed by atoms with Gasteiger partial charge in [0.1, 0.15) is 5.82 Å². The fourth-order valence-electron chi connectivity index (χ4n) is 2.50. The first-order chi connectivity index (χ1) is 7.85. The van der Waals surface area contributed by atoms with Crippen molar-refractivity contribution in [3.8, 4) is 0 Å². The van der Waals surface area contributed by atoms with E-state index >= 15 is 0 Å². The summed E-state index contributed by atoms with van der Waals surface area (Å²) in [7, 11) is 0. The van der Waals surface area contributed by atoms with Gasteiger partial charge in [0.05, 0.1) is 6.54 Å². The molecule has 1 unspecified atom stereocenters. The minimum Gasteiger partial charge on any atom is -0.334 e. The van der Waals surface area contributed by atoms with Gasteiger partial charge >= 0.3 is 0 Å². The average molecular weight is 222 g/mol. The van der Waals surface area contributed by atoms with Crippen LogP contribution >= 0.6 is 0 Å².